The summed E-state index contributed by atoms with van der Waals surface area (Å²) in [5, 5.41) is 27.2. The first-order valence-electron chi connectivity index (χ1n) is 9.15. The standard InChI is InChI=1S/C13H9NO.C11H8F3NO/c14-9-10-1-3-11(4-2-10)12-5-7-13(15)8-6-12;1-6-2-3-7-8(11(12,13)14)4-5-9(16)10(7)15-6/h1-8,15H;2-5,16H,1H3. The minimum atomic E-state index is -4.44. The Balaban J connectivity index is 0.000000176. The van der Waals surface area contributed by atoms with E-state index in [2.05, 4.69) is 11.1 Å². The molecular weight excluding hydrogens is 405 g/mol. The zero-order chi connectivity index (χ0) is 22.6. The lowest BCUT2D eigenvalue weighted by Gasteiger charge is -2.11. The van der Waals surface area contributed by atoms with Crippen LogP contribution in [0.5, 0.6) is 11.5 Å². The second-order valence-corrected chi connectivity index (χ2v) is 6.71. The van der Waals surface area contributed by atoms with Crippen molar-refractivity contribution in [2.45, 2.75) is 13.1 Å². The Morgan fingerprint density at radius 1 is 0.806 bits per heavy atom. The van der Waals surface area contributed by atoms with Crippen molar-refractivity contribution >= 4 is 10.9 Å². The van der Waals surface area contributed by atoms with Crippen LogP contribution < -0.4 is 0 Å². The summed E-state index contributed by atoms with van der Waals surface area (Å²) in [6, 6.07) is 21.1. The number of alkyl halides is 3. The summed E-state index contributed by atoms with van der Waals surface area (Å²) in [5.41, 5.74) is 2.47. The highest BCUT2D eigenvalue weighted by Crippen LogP contribution is 2.37. The van der Waals surface area contributed by atoms with Crippen LogP contribution in [-0.4, -0.2) is 15.2 Å². The molecule has 4 rings (SSSR count). The van der Waals surface area contributed by atoms with E-state index in [0.717, 1.165) is 23.3 Å². The van der Waals surface area contributed by atoms with Crippen LogP contribution in [0.15, 0.2) is 72.8 Å². The third kappa shape index (κ3) is 5.11. The van der Waals surface area contributed by atoms with Gasteiger partial charge in [-0.25, -0.2) is 4.98 Å². The van der Waals surface area contributed by atoms with Gasteiger partial charge in [-0.05, 0) is 60.5 Å². The lowest BCUT2D eigenvalue weighted by molar-refractivity contribution is -0.136. The molecular formula is C24H17F3N2O2. The fraction of sp³-hybridized carbons (Fsp3) is 0.0833. The number of hydrogen-bond donors (Lipinski definition) is 2. The van der Waals surface area contributed by atoms with Crippen LogP contribution in [-0.2, 0) is 6.18 Å². The van der Waals surface area contributed by atoms with Crippen LogP contribution in [0.1, 0.15) is 16.8 Å². The smallest absolute Gasteiger partial charge is 0.417 e. The van der Waals surface area contributed by atoms with Crippen molar-refractivity contribution in [3.8, 4) is 28.7 Å². The summed E-state index contributed by atoms with van der Waals surface area (Å²) in [6.07, 6.45) is -4.44. The molecule has 1 heterocycles. The molecule has 2 N–H and O–H groups in total. The van der Waals surface area contributed by atoms with E-state index in [9.17, 15) is 18.3 Å². The maximum absolute atomic E-state index is 12.6. The number of pyridine rings is 1. The van der Waals surface area contributed by atoms with Gasteiger partial charge in [0.15, 0.2) is 0 Å². The summed E-state index contributed by atoms with van der Waals surface area (Å²) >= 11 is 0. The van der Waals surface area contributed by atoms with Crippen LogP contribution in [0, 0.1) is 18.3 Å². The second kappa shape index (κ2) is 8.76. The molecule has 0 amide bonds. The number of nitriles is 1. The van der Waals surface area contributed by atoms with Crippen molar-refractivity contribution in [3.05, 3.63) is 89.6 Å². The Morgan fingerprint density at radius 3 is 1.94 bits per heavy atom. The van der Waals surface area contributed by atoms with Crippen LogP contribution in [0.25, 0.3) is 22.0 Å². The van der Waals surface area contributed by atoms with Gasteiger partial charge in [-0.1, -0.05) is 30.3 Å². The number of halogens is 3. The number of aromatic hydroxyl groups is 2. The number of hydrogen-bond acceptors (Lipinski definition) is 4. The molecule has 0 atom stereocenters. The summed E-state index contributed by atoms with van der Waals surface area (Å²) in [6.45, 7) is 1.65. The van der Waals surface area contributed by atoms with Gasteiger partial charge in [0.1, 0.15) is 17.0 Å². The van der Waals surface area contributed by atoms with Gasteiger partial charge in [0, 0.05) is 11.1 Å². The van der Waals surface area contributed by atoms with Gasteiger partial charge in [0.2, 0.25) is 0 Å². The van der Waals surface area contributed by atoms with E-state index >= 15 is 0 Å². The first-order valence-corrected chi connectivity index (χ1v) is 9.15. The van der Waals surface area contributed by atoms with Crippen LogP contribution in [0.3, 0.4) is 0 Å². The molecule has 4 nitrogen and oxygen atoms in total. The highest BCUT2D eigenvalue weighted by molar-refractivity contribution is 5.87. The van der Waals surface area contributed by atoms with Gasteiger partial charge in [0.05, 0.1) is 17.2 Å². The van der Waals surface area contributed by atoms with Crippen LogP contribution in [0.4, 0.5) is 13.2 Å². The van der Waals surface area contributed by atoms with E-state index in [0.29, 0.717) is 11.3 Å². The minimum absolute atomic E-state index is 0.0187. The Kier molecular flexibility index (Phi) is 6.12. The molecule has 0 aliphatic heterocycles. The molecule has 31 heavy (non-hydrogen) atoms. The molecule has 0 radical (unpaired) electrons. The Bertz CT molecular complexity index is 1240. The molecule has 4 aromatic rings. The lowest BCUT2D eigenvalue weighted by atomic mass is 10.0. The van der Waals surface area contributed by atoms with Crippen molar-refractivity contribution in [1.29, 1.82) is 5.26 Å². The first kappa shape index (κ1) is 21.7. The van der Waals surface area contributed by atoms with Crippen molar-refractivity contribution in [1.82, 2.24) is 4.98 Å². The van der Waals surface area contributed by atoms with E-state index in [1.807, 2.05) is 24.3 Å². The van der Waals surface area contributed by atoms with Crippen molar-refractivity contribution in [2.75, 3.05) is 0 Å². The molecule has 3 aromatic carbocycles. The predicted octanol–water partition coefficient (Wildman–Crippen LogP) is 6.20. The number of aryl methyl sites for hydroxylation is 1. The number of phenolic OH excluding ortho intramolecular Hbond substituents is 2. The molecule has 7 heteroatoms. The third-order valence-corrected chi connectivity index (χ3v) is 4.50. The number of phenols is 2. The second-order valence-electron chi connectivity index (χ2n) is 6.71. The third-order valence-electron chi connectivity index (χ3n) is 4.50. The number of aromatic nitrogens is 1. The summed E-state index contributed by atoms with van der Waals surface area (Å²) in [4.78, 5) is 3.90. The molecule has 0 aliphatic rings. The van der Waals surface area contributed by atoms with Gasteiger partial charge in [-0.2, -0.15) is 18.4 Å². The molecule has 1 aromatic heterocycles. The predicted molar refractivity (Wildman–Crippen MR) is 111 cm³/mol. The monoisotopic (exact) mass is 422 g/mol. The zero-order valence-corrected chi connectivity index (χ0v) is 16.4. The van der Waals surface area contributed by atoms with Gasteiger partial charge in [0.25, 0.3) is 0 Å². The number of rotatable bonds is 1. The minimum Gasteiger partial charge on any atom is -0.508 e. The van der Waals surface area contributed by atoms with E-state index in [1.165, 1.54) is 12.1 Å². The number of nitrogens with zero attached hydrogens (tertiary/aromatic N) is 2. The molecule has 0 spiro atoms. The van der Waals surface area contributed by atoms with E-state index in [4.69, 9.17) is 10.4 Å². The van der Waals surface area contributed by atoms with Gasteiger partial charge < -0.3 is 10.2 Å². The number of benzene rings is 3. The largest absolute Gasteiger partial charge is 0.508 e. The molecule has 0 aliphatic carbocycles. The SMILES string of the molecule is Cc1ccc2c(C(F)(F)F)ccc(O)c2n1.N#Cc1ccc(-c2ccc(O)cc2)cc1. The van der Waals surface area contributed by atoms with Crippen LogP contribution in [0.2, 0.25) is 0 Å². The van der Waals surface area contributed by atoms with Gasteiger partial charge in [-0.3, -0.25) is 0 Å². The van der Waals surface area contributed by atoms with E-state index < -0.39 is 11.7 Å². The molecule has 0 saturated heterocycles. The fourth-order valence-corrected chi connectivity index (χ4v) is 2.94. The van der Waals surface area contributed by atoms with Gasteiger partial charge in [-0.15, -0.1) is 0 Å². The van der Waals surface area contributed by atoms with Crippen molar-refractivity contribution in [2.24, 2.45) is 0 Å². The molecule has 0 bridgehead atoms. The zero-order valence-electron chi connectivity index (χ0n) is 16.4. The Hall–Kier alpha value is -4.05. The summed E-state index contributed by atoms with van der Waals surface area (Å²) in [5.74, 6) is 0.0131. The Labute approximate surface area is 176 Å². The van der Waals surface area contributed by atoms with Crippen molar-refractivity contribution < 1.29 is 23.4 Å². The molecule has 0 unspecified atom stereocenters. The molecule has 156 valence electrons. The quantitative estimate of drug-likeness (QED) is 0.383. The van der Waals surface area contributed by atoms with E-state index in [1.54, 1.807) is 31.2 Å². The normalized spacial score (nSPS) is 10.8. The Morgan fingerprint density at radius 2 is 1.39 bits per heavy atom. The molecule has 0 fully saturated rings. The maximum Gasteiger partial charge on any atom is 0.417 e. The topological polar surface area (TPSA) is 77.1 Å². The van der Waals surface area contributed by atoms with Gasteiger partial charge >= 0.3 is 6.18 Å². The molecule has 0 saturated carbocycles. The van der Waals surface area contributed by atoms with Crippen LogP contribution >= 0.6 is 0 Å². The lowest BCUT2D eigenvalue weighted by Crippen LogP contribution is -2.06. The average molecular weight is 422 g/mol. The summed E-state index contributed by atoms with van der Waals surface area (Å²) < 4.78 is 37.9. The fourth-order valence-electron chi connectivity index (χ4n) is 2.94. The van der Waals surface area contributed by atoms with E-state index in [-0.39, 0.29) is 22.4 Å². The highest BCUT2D eigenvalue weighted by atomic mass is 19.4. The number of fused-ring (bicyclic) bond motifs is 1. The maximum atomic E-state index is 12.6. The average Bonchev–Trinajstić information content (AvgIpc) is 2.75. The highest BCUT2D eigenvalue weighted by Gasteiger charge is 2.33. The summed E-state index contributed by atoms with van der Waals surface area (Å²) in [7, 11) is 0. The van der Waals surface area contributed by atoms with Crippen molar-refractivity contribution in [3.63, 3.8) is 0 Å². The first-order chi connectivity index (χ1) is 14.7.